The van der Waals surface area contributed by atoms with Gasteiger partial charge >= 0.3 is 0 Å². The number of rotatable bonds is 0. The van der Waals surface area contributed by atoms with Gasteiger partial charge in [-0.1, -0.05) is 15.9 Å². The van der Waals surface area contributed by atoms with Gasteiger partial charge in [0.25, 0.3) is 0 Å². The maximum absolute atomic E-state index is 12.8. The molecule has 1 aromatic carbocycles. The first-order valence-electron chi connectivity index (χ1n) is 3.79. The van der Waals surface area contributed by atoms with Gasteiger partial charge in [-0.15, -0.1) is 0 Å². The second-order valence-corrected chi connectivity index (χ2v) is 3.89. The summed E-state index contributed by atoms with van der Waals surface area (Å²) in [5.41, 5.74) is 0.313. The van der Waals surface area contributed by atoms with E-state index in [1.54, 1.807) is 0 Å². The van der Waals surface area contributed by atoms with E-state index in [4.69, 9.17) is 4.74 Å². The summed E-state index contributed by atoms with van der Waals surface area (Å²) in [6.45, 7) is 0.303. The van der Waals surface area contributed by atoms with Crippen molar-refractivity contribution < 1.29 is 13.9 Å². The molecule has 1 aromatic rings. The molecule has 0 aliphatic carbocycles. The number of hydrogen-bond acceptors (Lipinski definition) is 2. The van der Waals surface area contributed by atoms with Gasteiger partial charge in [-0.2, -0.15) is 0 Å². The predicted octanol–water partition coefficient (Wildman–Crippen LogP) is 2.16. The standard InChI is InChI=1S/C9H6BrFO2/c10-7-4-13-8-2-1-5(11)3-6(8)9(7)12/h1-3,7H,4H2. The lowest BCUT2D eigenvalue weighted by atomic mass is 10.1. The number of ether oxygens (including phenoxy) is 1. The summed E-state index contributed by atoms with van der Waals surface area (Å²) < 4.78 is 18.0. The largest absolute Gasteiger partial charge is 0.491 e. The zero-order valence-electron chi connectivity index (χ0n) is 6.59. The molecule has 0 saturated carbocycles. The Kier molecular flexibility index (Phi) is 2.07. The van der Waals surface area contributed by atoms with Gasteiger partial charge in [-0.05, 0) is 18.2 Å². The van der Waals surface area contributed by atoms with E-state index < -0.39 is 5.82 Å². The third-order valence-electron chi connectivity index (χ3n) is 1.88. The summed E-state index contributed by atoms with van der Waals surface area (Å²) in [5, 5.41) is 0. The van der Waals surface area contributed by atoms with Gasteiger partial charge in [0.2, 0.25) is 0 Å². The average molecular weight is 245 g/mol. The van der Waals surface area contributed by atoms with Crippen LogP contribution in [0.5, 0.6) is 5.75 Å². The van der Waals surface area contributed by atoms with E-state index in [1.165, 1.54) is 18.2 Å². The molecular weight excluding hydrogens is 239 g/mol. The summed E-state index contributed by atoms with van der Waals surface area (Å²) in [6, 6.07) is 3.95. The van der Waals surface area contributed by atoms with Crippen LogP contribution >= 0.6 is 15.9 Å². The van der Waals surface area contributed by atoms with Crippen molar-refractivity contribution in [3.63, 3.8) is 0 Å². The highest BCUT2D eigenvalue weighted by Gasteiger charge is 2.26. The monoisotopic (exact) mass is 244 g/mol. The zero-order chi connectivity index (χ0) is 9.42. The molecule has 1 unspecified atom stereocenters. The average Bonchev–Trinajstić information content (AvgIpc) is 2.12. The van der Waals surface area contributed by atoms with Crippen LogP contribution in [0.15, 0.2) is 18.2 Å². The second kappa shape index (κ2) is 3.10. The van der Waals surface area contributed by atoms with E-state index in [-0.39, 0.29) is 10.6 Å². The Morgan fingerprint density at radius 2 is 2.31 bits per heavy atom. The molecule has 4 heteroatoms. The first kappa shape index (κ1) is 8.69. The van der Waals surface area contributed by atoms with Crippen molar-refractivity contribution >= 4 is 21.7 Å². The lowest BCUT2D eigenvalue weighted by molar-refractivity contribution is 0.0945. The van der Waals surface area contributed by atoms with E-state index in [0.29, 0.717) is 17.9 Å². The van der Waals surface area contributed by atoms with Crippen LogP contribution in [-0.4, -0.2) is 17.2 Å². The molecule has 1 heterocycles. The van der Waals surface area contributed by atoms with Crippen LogP contribution in [0, 0.1) is 5.82 Å². The lowest BCUT2D eigenvalue weighted by Crippen LogP contribution is -2.27. The molecule has 13 heavy (non-hydrogen) atoms. The Morgan fingerprint density at radius 1 is 1.54 bits per heavy atom. The van der Waals surface area contributed by atoms with E-state index in [2.05, 4.69) is 15.9 Å². The van der Waals surface area contributed by atoms with Crippen molar-refractivity contribution in [2.45, 2.75) is 4.83 Å². The highest BCUT2D eigenvalue weighted by molar-refractivity contribution is 9.10. The Hall–Kier alpha value is -0.900. The normalized spacial score (nSPS) is 20.8. The maximum Gasteiger partial charge on any atom is 0.183 e. The topological polar surface area (TPSA) is 26.3 Å². The Balaban J connectivity index is 2.51. The number of hydrogen-bond donors (Lipinski definition) is 0. The Morgan fingerprint density at radius 3 is 3.08 bits per heavy atom. The van der Waals surface area contributed by atoms with Crippen LogP contribution in [0.1, 0.15) is 10.4 Å². The smallest absolute Gasteiger partial charge is 0.183 e. The molecule has 0 bridgehead atoms. The minimum absolute atomic E-state index is 0.124. The summed E-state index contributed by atoms with van der Waals surface area (Å²) >= 11 is 3.15. The molecule has 0 saturated heterocycles. The number of alkyl halides is 1. The molecule has 0 N–H and O–H groups in total. The molecule has 1 atom stereocenters. The molecule has 2 rings (SSSR count). The van der Waals surface area contributed by atoms with Crippen LogP contribution in [0.2, 0.25) is 0 Å². The highest BCUT2D eigenvalue weighted by Crippen LogP contribution is 2.27. The molecule has 0 spiro atoms. The van der Waals surface area contributed by atoms with E-state index in [9.17, 15) is 9.18 Å². The molecule has 0 amide bonds. The van der Waals surface area contributed by atoms with Crippen molar-refractivity contribution in [2.24, 2.45) is 0 Å². The second-order valence-electron chi connectivity index (χ2n) is 2.78. The first-order chi connectivity index (χ1) is 6.18. The summed E-state index contributed by atoms with van der Waals surface area (Å²) in [5.74, 6) is -0.0832. The Bertz CT molecular complexity index is 365. The van der Waals surface area contributed by atoms with Gasteiger partial charge in [0, 0.05) is 0 Å². The fraction of sp³-hybridized carbons (Fsp3) is 0.222. The third kappa shape index (κ3) is 1.46. The summed E-state index contributed by atoms with van der Waals surface area (Å²) in [6.07, 6.45) is 0. The minimum atomic E-state index is -0.419. The number of halogens is 2. The van der Waals surface area contributed by atoms with E-state index in [1.807, 2.05) is 0 Å². The van der Waals surface area contributed by atoms with Crippen molar-refractivity contribution in [2.75, 3.05) is 6.61 Å². The van der Waals surface area contributed by atoms with Crippen LogP contribution < -0.4 is 4.74 Å². The maximum atomic E-state index is 12.8. The molecule has 0 radical (unpaired) electrons. The van der Waals surface area contributed by atoms with Gasteiger partial charge in [-0.25, -0.2) is 4.39 Å². The number of fused-ring (bicyclic) bond motifs is 1. The number of ketones is 1. The van der Waals surface area contributed by atoms with Gasteiger partial charge in [-0.3, -0.25) is 4.79 Å². The SMILES string of the molecule is O=C1c2cc(F)ccc2OCC1Br. The molecule has 0 aromatic heterocycles. The van der Waals surface area contributed by atoms with Gasteiger partial charge in [0.1, 0.15) is 23.0 Å². The van der Waals surface area contributed by atoms with Crippen LogP contribution in [-0.2, 0) is 0 Å². The molecule has 1 aliphatic heterocycles. The van der Waals surface area contributed by atoms with Crippen molar-refractivity contribution in [3.8, 4) is 5.75 Å². The molecular formula is C9H6BrFO2. The lowest BCUT2D eigenvalue weighted by Gasteiger charge is -2.19. The predicted molar refractivity (Wildman–Crippen MR) is 48.9 cm³/mol. The zero-order valence-corrected chi connectivity index (χ0v) is 8.17. The molecule has 2 nitrogen and oxygen atoms in total. The molecule has 1 aliphatic rings. The number of carbonyl (C=O) groups excluding carboxylic acids is 1. The number of Topliss-reactive ketones (excluding diaryl/α,β-unsaturated/α-hetero) is 1. The van der Waals surface area contributed by atoms with Crippen LogP contribution in [0.3, 0.4) is 0 Å². The quantitative estimate of drug-likeness (QED) is 0.654. The minimum Gasteiger partial charge on any atom is -0.491 e. The van der Waals surface area contributed by atoms with E-state index >= 15 is 0 Å². The van der Waals surface area contributed by atoms with Crippen molar-refractivity contribution in [1.29, 1.82) is 0 Å². The summed E-state index contributed by atoms with van der Waals surface area (Å²) in [7, 11) is 0. The Labute approximate surface area is 82.8 Å². The number of benzene rings is 1. The van der Waals surface area contributed by atoms with Gasteiger partial charge in [0.15, 0.2) is 5.78 Å². The first-order valence-corrected chi connectivity index (χ1v) is 4.70. The van der Waals surface area contributed by atoms with Gasteiger partial charge < -0.3 is 4.74 Å². The number of carbonyl (C=O) groups is 1. The fourth-order valence-electron chi connectivity index (χ4n) is 1.23. The highest BCUT2D eigenvalue weighted by atomic mass is 79.9. The molecule has 68 valence electrons. The summed E-state index contributed by atoms with van der Waals surface area (Å²) in [4.78, 5) is 11.1. The van der Waals surface area contributed by atoms with E-state index in [0.717, 1.165) is 0 Å². The van der Waals surface area contributed by atoms with Gasteiger partial charge in [0.05, 0.1) is 5.56 Å². The van der Waals surface area contributed by atoms with Crippen LogP contribution in [0.25, 0.3) is 0 Å². The van der Waals surface area contributed by atoms with Crippen LogP contribution in [0.4, 0.5) is 4.39 Å². The third-order valence-corrected chi connectivity index (χ3v) is 2.56. The van der Waals surface area contributed by atoms with Crippen molar-refractivity contribution in [3.05, 3.63) is 29.6 Å². The molecule has 0 fully saturated rings. The fourth-order valence-corrected chi connectivity index (χ4v) is 1.61. The van der Waals surface area contributed by atoms with Crippen molar-refractivity contribution in [1.82, 2.24) is 0 Å².